The first kappa shape index (κ1) is 15.7. The van der Waals surface area contributed by atoms with Crippen molar-refractivity contribution in [1.82, 2.24) is 0 Å². The van der Waals surface area contributed by atoms with E-state index in [1.807, 2.05) is 0 Å². The molecule has 0 spiro atoms. The molecule has 0 heterocycles. The maximum Gasteiger partial charge on any atom is 0.446 e. The maximum atomic E-state index is 12.4. The number of thioether (sulfide) groups is 2. The first-order valence-corrected chi connectivity index (χ1v) is 7.43. The molecule has 0 aliphatic carbocycles. The quantitative estimate of drug-likeness (QED) is 0.593. The Bertz CT molecular complexity index is 435. The van der Waals surface area contributed by atoms with E-state index in [4.69, 9.17) is 11.6 Å². The van der Waals surface area contributed by atoms with Gasteiger partial charge in [0.2, 0.25) is 0 Å². The van der Waals surface area contributed by atoms with Crippen molar-refractivity contribution in [3.63, 3.8) is 0 Å². The van der Waals surface area contributed by atoms with Gasteiger partial charge in [0.15, 0.2) is 5.78 Å². The van der Waals surface area contributed by atoms with E-state index < -0.39 is 5.51 Å². The molecule has 0 unspecified atom stereocenters. The van der Waals surface area contributed by atoms with Gasteiger partial charge < -0.3 is 0 Å². The van der Waals surface area contributed by atoms with Crippen molar-refractivity contribution in [2.24, 2.45) is 0 Å². The molecule has 1 aromatic carbocycles. The van der Waals surface area contributed by atoms with Gasteiger partial charge in [-0.1, -0.05) is 6.07 Å². The molecular formula is C11H10ClF3OS2. The minimum atomic E-state index is -4.37. The average Bonchev–Trinajstić information content (AvgIpc) is 2.29. The van der Waals surface area contributed by atoms with Gasteiger partial charge in [0, 0.05) is 16.2 Å². The van der Waals surface area contributed by atoms with Crippen LogP contribution >= 0.6 is 35.1 Å². The van der Waals surface area contributed by atoms with Crippen LogP contribution in [-0.2, 0) is 11.2 Å². The van der Waals surface area contributed by atoms with Gasteiger partial charge in [-0.15, -0.1) is 23.4 Å². The predicted molar refractivity (Wildman–Crippen MR) is 69.6 cm³/mol. The Kier molecular flexibility index (Phi) is 5.88. The number of carbonyl (C=O) groups is 1. The van der Waals surface area contributed by atoms with Gasteiger partial charge in [-0.3, -0.25) is 4.79 Å². The summed E-state index contributed by atoms with van der Waals surface area (Å²) >= 11 is 6.51. The number of hydrogen-bond donors (Lipinski definition) is 0. The molecule has 0 saturated carbocycles. The molecule has 1 nitrogen and oxygen atoms in total. The van der Waals surface area contributed by atoms with E-state index in [9.17, 15) is 18.0 Å². The highest BCUT2D eigenvalue weighted by Gasteiger charge is 2.30. The molecule has 0 saturated heterocycles. The lowest BCUT2D eigenvalue weighted by Crippen LogP contribution is -2.07. The van der Waals surface area contributed by atoms with Crippen LogP contribution in [0.3, 0.4) is 0 Å². The summed E-state index contributed by atoms with van der Waals surface area (Å²) in [4.78, 5) is 12.0. The molecular weight excluding hydrogens is 305 g/mol. The minimum Gasteiger partial charge on any atom is -0.298 e. The van der Waals surface area contributed by atoms with Crippen LogP contribution in [0.15, 0.2) is 28.0 Å². The van der Waals surface area contributed by atoms with E-state index in [1.54, 1.807) is 18.4 Å². The normalized spacial score (nSPS) is 11.6. The second kappa shape index (κ2) is 6.73. The van der Waals surface area contributed by atoms with Crippen LogP contribution in [0.4, 0.5) is 13.2 Å². The van der Waals surface area contributed by atoms with Crippen LogP contribution in [0.25, 0.3) is 0 Å². The number of benzene rings is 1. The Hall–Kier alpha value is -0.330. The molecule has 0 amide bonds. The Morgan fingerprint density at radius 2 is 2.06 bits per heavy atom. The number of ketones is 1. The zero-order chi connectivity index (χ0) is 13.8. The van der Waals surface area contributed by atoms with E-state index in [0.717, 1.165) is 4.90 Å². The van der Waals surface area contributed by atoms with Crippen LogP contribution in [0.2, 0.25) is 0 Å². The fraction of sp³-hybridized carbons (Fsp3) is 0.364. The molecule has 0 radical (unpaired) electrons. The highest BCUT2D eigenvalue weighted by molar-refractivity contribution is 8.00. The monoisotopic (exact) mass is 314 g/mol. The fourth-order valence-electron chi connectivity index (χ4n) is 1.29. The topological polar surface area (TPSA) is 17.1 Å². The fourth-order valence-corrected chi connectivity index (χ4v) is 2.60. The summed E-state index contributed by atoms with van der Waals surface area (Å²) in [7, 11) is 0. The van der Waals surface area contributed by atoms with E-state index in [1.165, 1.54) is 17.8 Å². The van der Waals surface area contributed by atoms with Gasteiger partial charge in [0.1, 0.15) is 0 Å². The molecule has 0 atom stereocenters. The first-order chi connectivity index (χ1) is 8.35. The largest absolute Gasteiger partial charge is 0.446 e. The zero-order valence-electron chi connectivity index (χ0n) is 9.38. The van der Waals surface area contributed by atoms with Crippen molar-refractivity contribution in [2.75, 3.05) is 12.1 Å². The summed E-state index contributed by atoms with van der Waals surface area (Å²) < 4.78 is 37.3. The molecule has 100 valence electrons. The maximum absolute atomic E-state index is 12.4. The summed E-state index contributed by atoms with van der Waals surface area (Å²) in [5, 5.41) is 0. The molecule has 7 heteroatoms. The van der Waals surface area contributed by atoms with E-state index in [2.05, 4.69) is 0 Å². The van der Waals surface area contributed by atoms with Gasteiger partial charge in [-0.25, -0.2) is 0 Å². The lowest BCUT2D eigenvalue weighted by Gasteiger charge is -2.11. The van der Waals surface area contributed by atoms with Gasteiger partial charge >= 0.3 is 5.51 Å². The average molecular weight is 315 g/mol. The van der Waals surface area contributed by atoms with Gasteiger partial charge in [-0.2, -0.15) is 13.2 Å². The van der Waals surface area contributed by atoms with Crippen molar-refractivity contribution < 1.29 is 18.0 Å². The lowest BCUT2D eigenvalue weighted by atomic mass is 10.1. The Morgan fingerprint density at radius 3 is 2.56 bits per heavy atom. The highest BCUT2D eigenvalue weighted by Crippen LogP contribution is 2.40. The third kappa shape index (κ3) is 5.12. The number of hydrogen-bond acceptors (Lipinski definition) is 3. The lowest BCUT2D eigenvalue weighted by molar-refractivity contribution is -0.116. The van der Waals surface area contributed by atoms with Gasteiger partial charge in [-0.05, 0) is 35.7 Å². The molecule has 0 aromatic heterocycles. The summed E-state index contributed by atoms with van der Waals surface area (Å²) in [6.45, 7) is 0. The molecule has 1 aromatic rings. The second-order valence-corrected chi connectivity index (χ2v) is 5.62. The van der Waals surface area contributed by atoms with Crippen LogP contribution in [0, 0.1) is 0 Å². The Labute approximate surface area is 116 Å². The minimum absolute atomic E-state index is 0.0628. The molecule has 0 aliphatic rings. The molecule has 0 N–H and O–H groups in total. The third-order valence-corrected chi connectivity index (χ3v) is 3.89. The Morgan fingerprint density at radius 1 is 1.39 bits per heavy atom. The first-order valence-electron chi connectivity index (χ1n) is 4.86. The van der Waals surface area contributed by atoms with Crippen LogP contribution in [-0.4, -0.2) is 23.4 Å². The molecule has 18 heavy (non-hydrogen) atoms. The molecule has 1 rings (SSSR count). The summed E-state index contributed by atoms with van der Waals surface area (Å²) in [5.41, 5.74) is -4.00. The number of carbonyl (C=O) groups excluding carboxylic acids is 1. The molecule has 0 bridgehead atoms. The van der Waals surface area contributed by atoms with Crippen molar-refractivity contribution in [3.05, 3.63) is 23.8 Å². The Balaban J connectivity index is 3.04. The summed E-state index contributed by atoms with van der Waals surface area (Å²) in [6, 6.07) is 4.69. The standard InChI is InChI=1S/C11H10ClF3OS2/c1-17-9-3-2-7(4-8(16)6-12)10(5-9)18-11(13,14)15/h2-3,5H,4,6H2,1H3. The summed E-state index contributed by atoms with van der Waals surface area (Å²) in [5.74, 6) is -0.488. The number of Topliss-reactive ketones (excluding diaryl/α,β-unsaturated/α-hetero) is 1. The second-order valence-electron chi connectivity index (χ2n) is 3.37. The summed E-state index contributed by atoms with van der Waals surface area (Å²) in [6.07, 6.45) is 1.71. The van der Waals surface area contributed by atoms with E-state index in [-0.39, 0.29) is 34.7 Å². The van der Waals surface area contributed by atoms with Crippen molar-refractivity contribution in [3.8, 4) is 0 Å². The van der Waals surface area contributed by atoms with Crippen LogP contribution < -0.4 is 0 Å². The zero-order valence-corrected chi connectivity index (χ0v) is 11.8. The van der Waals surface area contributed by atoms with Gasteiger partial charge in [0.05, 0.1) is 5.88 Å². The van der Waals surface area contributed by atoms with Crippen molar-refractivity contribution in [2.45, 2.75) is 21.7 Å². The van der Waals surface area contributed by atoms with Gasteiger partial charge in [0.25, 0.3) is 0 Å². The molecule has 0 aliphatic heterocycles. The third-order valence-electron chi connectivity index (χ3n) is 2.04. The predicted octanol–water partition coefficient (Wildman–Crippen LogP) is 4.37. The molecule has 0 fully saturated rings. The van der Waals surface area contributed by atoms with E-state index in [0.29, 0.717) is 5.56 Å². The number of alkyl halides is 4. The SMILES string of the molecule is CSc1ccc(CC(=O)CCl)c(SC(F)(F)F)c1. The highest BCUT2D eigenvalue weighted by atomic mass is 35.5. The number of rotatable bonds is 5. The number of halogens is 4. The van der Waals surface area contributed by atoms with Crippen LogP contribution in [0.1, 0.15) is 5.56 Å². The van der Waals surface area contributed by atoms with E-state index >= 15 is 0 Å². The smallest absolute Gasteiger partial charge is 0.298 e. The van der Waals surface area contributed by atoms with Crippen LogP contribution in [0.5, 0.6) is 0 Å². The van der Waals surface area contributed by atoms with Crippen molar-refractivity contribution in [1.29, 1.82) is 0 Å². The van der Waals surface area contributed by atoms with Crippen molar-refractivity contribution >= 4 is 40.9 Å².